The lowest BCUT2D eigenvalue weighted by Gasteiger charge is -2.07. The van der Waals surface area contributed by atoms with Gasteiger partial charge in [0, 0.05) is 7.05 Å². The number of rotatable bonds is 5. The van der Waals surface area contributed by atoms with Crippen LogP contribution < -0.4 is 19.3 Å². The molecule has 0 saturated carbocycles. The number of methoxy groups -OCH3 is 1. The van der Waals surface area contributed by atoms with Gasteiger partial charge in [-0.05, 0) is 24.3 Å². The van der Waals surface area contributed by atoms with Gasteiger partial charge in [-0.15, -0.1) is 9.78 Å². The lowest BCUT2D eigenvalue weighted by Crippen LogP contribution is -2.27. The number of carbonyl (C=O) groups excluding carboxylic acids is 1. The van der Waals surface area contributed by atoms with Crippen LogP contribution in [0.4, 0.5) is 4.79 Å². The van der Waals surface area contributed by atoms with Crippen molar-refractivity contribution in [1.82, 2.24) is 14.3 Å². The molecule has 0 aliphatic carbocycles. The average Bonchev–Trinajstić information content (AvgIpc) is 2.96. The van der Waals surface area contributed by atoms with E-state index in [2.05, 4.69) is 5.10 Å². The summed E-state index contributed by atoms with van der Waals surface area (Å²) in [5.74, 6) is 1.33. The van der Waals surface area contributed by atoms with Crippen molar-refractivity contribution in [3.8, 4) is 23.3 Å². The fourth-order valence-electron chi connectivity index (χ4n) is 2.02. The molecule has 134 valence electrons. The third-order valence-corrected chi connectivity index (χ3v) is 3.93. The predicted molar refractivity (Wildman–Crippen MR) is 96.0 cm³/mol. The van der Waals surface area contributed by atoms with Crippen molar-refractivity contribution in [3.05, 3.63) is 65.1 Å². The van der Waals surface area contributed by atoms with Crippen LogP contribution >= 0.6 is 12.0 Å². The van der Waals surface area contributed by atoms with Crippen LogP contribution in [0.1, 0.15) is 0 Å². The predicted octanol–water partition coefficient (Wildman–Crippen LogP) is 3.08. The number of hydrogen-bond donors (Lipinski definition) is 0. The van der Waals surface area contributed by atoms with Gasteiger partial charge < -0.3 is 13.7 Å². The highest BCUT2D eigenvalue weighted by Crippen LogP contribution is 2.29. The molecule has 1 aromatic heterocycles. The van der Waals surface area contributed by atoms with Crippen LogP contribution in [0.5, 0.6) is 23.3 Å². The minimum Gasteiger partial charge on any atom is -0.493 e. The summed E-state index contributed by atoms with van der Waals surface area (Å²) in [5.41, 5.74) is -0.649. The SMILES string of the molecule is COc1ccccc1Oc1nn(C(=O)SOc2ccccc2)c(=O)n1C. The molecule has 0 saturated heterocycles. The average molecular weight is 373 g/mol. The Labute approximate surface area is 153 Å². The quantitative estimate of drug-likeness (QED) is 0.635. The van der Waals surface area contributed by atoms with Crippen molar-refractivity contribution in [3.63, 3.8) is 0 Å². The van der Waals surface area contributed by atoms with Gasteiger partial charge in [0.2, 0.25) is 0 Å². The van der Waals surface area contributed by atoms with Crippen LogP contribution in [0.25, 0.3) is 0 Å². The molecule has 0 fully saturated rings. The number of carbonyl (C=O) groups is 1. The first-order valence-corrected chi connectivity index (χ1v) is 8.25. The van der Waals surface area contributed by atoms with Crippen LogP contribution in [-0.2, 0) is 7.05 Å². The van der Waals surface area contributed by atoms with Crippen molar-refractivity contribution in [2.75, 3.05) is 7.11 Å². The van der Waals surface area contributed by atoms with E-state index in [1.54, 1.807) is 48.5 Å². The van der Waals surface area contributed by atoms with Crippen molar-refractivity contribution < 1.29 is 18.5 Å². The van der Waals surface area contributed by atoms with Gasteiger partial charge in [-0.25, -0.2) is 9.36 Å². The van der Waals surface area contributed by atoms with Crippen molar-refractivity contribution in [1.29, 1.82) is 0 Å². The molecule has 0 amide bonds. The van der Waals surface area contributed by atoms with E-state index < -0.39 is 10.9 Å². The molecule has 3 rings (SSSR count). The van der Waals surface area contributed by atoms with Crippen molar-refractivity contribution in [2.45, 2.75) is 0 Å². The highest BCUT2D eigenvalue weighted by atomic mass is 32.2. The Hall–Kier alpha value is -3.20. The topological polar surface area (TPSA) is 84.6 Å². The summed E-state index contributed by atoms with van der Waals surface area (Å²) in [5, 5.41) is 3.24. The second-order valence-corrected chi connectivity index (χ2v) is 5.72. The molecular weight excluding hydrogens is 358 g/mol. The first kappa shape index (κ1) is 17.6. The van der Waals surface area contributed by atoms with E-state index in [1.165, 1.54) is 14.2 Å². The number of nitrogens with zero attached hydrogens (tertiary/aromatic N) is 3. The number of para-hydroxylation sites is 3. The van der Waals surface area contributed by atoms with Gasteiger partial charge in [-0.1, -0.05) is 30.3 Å². The highest BCUT2D eigenvalue weighted by molar-refractivity contribution is 8.09. The zero-order chi connectivity index (χ0) is 18.5. The molecule has 0 unspecified atom stereocenters. The standard InChI is InChI=1S/C17H15N3O5S/c1-19-15(24-14-11-7-6-10-13(14)23-2)18-20(16(19)21)17(22)26-25-12-8-4-3-5-9-12/h3-11H,1-2H3. The lowest BCUT2D eigenvalue weighted by molar-refractivity contribution is 0.257. The Bertz CT molecular complexity index is 968. The minimum absolute atomic E-state index is 0.0480. The molecule has 9 heteroatoms. The fraction of sp³-hybridized carbons (Fsp3) is 0.118. The molecule has 0 N–H and O–H groups in total. The molecule has 3 aromatic rings. The van der Waals surface area contributed by atoms with E-state index in [9.17, 15) is 9.59 Å². The number of aromatic nitrogens is 3. The summed E-state index contributed by atoms with van der Waals surface area (Å²) in [4.78, 5) is 24.5. The second-order valence-electron chi connectivity index (χ2n) is 5.03. The monoisotopic (exact) mass is 373 g/mol. The van der Waals surface area contributed by atoms with E-state index >= 15 is 0 Å². The molecule has 0 aliphatic heterocycles. The van der Waals surface area contributed by atoms with Gasteiger partial charge in [0.1, 0.15) is 5.75 Å². The first-order chi connectivity index (χ1) is 12.6. The molecule has 0 bridgehead atoms. The van der Waals surface area contributed by atoms with Crippen LogP contribution in [0, 0.1) is 0 Å². The van der Waals surface area contributed by atoms with E-state index in [0.717, 1.165) is 4.57 Å². The normalized spacial score (nSPS) is 10.4. The van der Waals surface area contributed by atoms with Gasteiger partial charge in [-0.2, -0.15) is 0 Å². The summed E-state index contributed by atoms with van der Waals surface area (Å²) in [6.07, 6.45) is 0. The number of benzene rings is 2. The van der Waals surface area contributed by atoms with E-state index in [0.29, 0.717) is 34.0 Å². The summed E-state index contributed by atoms with van der Waals surface area (Å²) in [6.45, 7) is 0. The van der Waals surface area contributed by atoms with Gasteiger partial charge in [0.15, 0.2) is 23.5 Å². The van der Waals surface area contributed by atoms with Crippen LogP contribution in [0.3, 0.4) is 0 Å². The fourth-order valence-corrected chi connectivity index (χ4v) is 2.49. The largest absolute Gasteiger partial charge is 0.493 e. The van der Waals surface area contributed by atoms with E-state index in [4.69, 9.17) is 13.7 Å². The van der Waals surface area contributed by atoms with Crippen LogP contribution in [0.2, 0.25) is 0 Å². The summed E-state index contributed by atoms with van der Waals surface area (Å²) in [6, 6.07) is 15.6. The van der Waals surface area contributed by atoms with E-state index in [1.807, 2.05) is 6.07 Å². The molecule has 2 aromatic carbocycles. The minimum atomic E-state index is -0.690. The third-order valence-electron chi connectivity index (χ3n) is 3.34. The Balaban J connectivity index is 1.78. The third kappa shape index (κ3) is 3.72. The molecule has 26 heavy (non-hydrogen) atoms. The zero-order valence-corrected chi connectivity index (χ0v) is 14.8. The van der Waals surface area contributed by atoms with E-state index in [-0.39, 0.29) is 6.01 Å². The smallest absolute Gasteiger partial charge is 0.356 e. The first-order valence-electron chi connectivity index (χ1n) is 7.51. The lowest BCUT2D eigenvalue weighted by atomic mass is 10.3. The second kappa shape index (κ2) is 7.79. The van der Waals surface area contributed by atoms with Crippen LogP contribution in [-0.4, -0.2) is 26.7 Å². The summed E-state index contributed by atoms with van der Waals surface area (Å²) < 4.78 is 17.9. The maximum absolute atomic E-state index is 12.2. The molecule has 8 nitrogen and oxygen atoms in total. The van der Waals surface area contributed by atoms with Gasteiger partial charge in [0.05, 0.1) is 7.11 Å². The maximum Gasteiger partial charge on any atom is 0.356 e. The number of hydrogen-bond acceptors (Lipinski definition) is 7. The maximum atomic E-state index is 12.2. The van der Waals surface area contributed by atoms with Gasteiger partial charge in [-0.3, -0.25) is 4.79 Å². The van der Waals surface area contributed by atoms with Gasteiger partial charge >= 0.3 is 16.9 Å². The molecule has 0 atom stereocenters. The molecule has 0 radical (unpaired) electrons. The molecular formula is C17H15N3O5S. The highest BCUT2D eigenvalue weighted by Gasteiger charge is 2.20. The Morgan fingerprint density at radius 3 is 2.38 bits per heavy atom. The van der Waals surface area contributed by atoms with Crippen molar-refractivity contribution in [2.24, 2.45) is 7.05 Å². The van der Waals surface area contributed by atoms with Gasteiger partial charge in [0.25, 0.3) is 0 Å². The van der Waals surface area contributed by atoms with Crippen molar-refractivity contribution >= 4 is 17.3 Å². The molecule has 0 aliphatic rings. The Morgan fingerprint density at radius 2 is 1.69 bits per heavy atom. The molecule has 0 spiro atoms. The summed E-state index contributed by atoms with van der Waals surface area (Å²) in [7, 11) is 2.95. The summed E-state index contributed by atoms with van der Waals surface area (Å²) >= 11 is 0.501. The number of ether oxygens (including phenoxy) is 2. The zero-order valence-electron chi connectivity index (χ0n) is 14.0. The Kier molecular flexibility index (Phi) is 5.28. The van der Waals surface area contributed by atoms with Crippen LogP contribution in [0.15, 0.2) is 59.4 Å². The molecule has 1 heterocycles. The Morgan fingerprint density at radius 1 is 1.04 bits per heavy atom.